The summed E-state index contributed by atoms with van der Waals surface area (Å²) in [6, 6.07) is 5.58. The van der Waals surface area contributed by atoms with E-state index in [1.54, 1.807) is 14.2 Å². The largest absolute Gasteiger partial charge is 0.495 e. The van der Waals surface area contributed by atoms with Crippen LogP contribution in [-0.2, 0) is 16.0 Å². The van der Waals surface area contributed by atoms with Gasteiger partial charge in [-0.25, -0.2) is 4.99 Å². The molecule has 1 aromatic rings. The van der Waals surface area contributed by atoms with E-state index in [-0.39, 0.29) is 5.91 Å². The second-order valence-corrected chi connectivity index (χ2v) is 3.98. The molecule has 0 unspecified atom stereocenters. The van der Waals surface area contributed by atoms with Crippen molar-refractivity contribution in [3.8, 4) is 11.5 Å². The predicted octanol–water partition coefficient (Wildman–Crippen LogP) is 1.76. The molecular weight excluding hydrogens is 246 g/mol. The Bertz CT molecular complexity index is 561. The number of methoxy groups -OCH3 is 3. The topological polar surface area (TPSA) is 57.1 Å². The summed E-state index contributed by atoms with van der Waals surface area (Å²) in [7, 11) is 4.69. The molecule has 0 spiro atoms. The molecule has 2 rings (SSSR count). The van der Waals surface area contributed by atoms with Gasteiger partial charge in [-0.3, -0.25) is 4.79 Å². The normalized spacial score (nSPS) is 13.9. The van der Waals surface area contributed by atoms with Crippen molar-refractivity contribution in [2.24, 2.45) is 4.99 Å². The highest BCUT2D eigenvalue weighted by Gasteiger charge is 2.18. The quantitative estimate of drug-likeness (QED) is 0.810. The zero-order valence-electron chi connectivity index (χ0n) is 11.1. The van der Waals surface area contributed by atoms with Crippen molar-refractivity contribution in [1.29, 1.82) is 0 Å². The van der Waals surface area contributed by atoms with Gasteiger partial charge in [-0.2, -0.15) is 0 Å². The van der Waals surface area contributed by atoms with Crippen molar-refractivity contribution in [2.45, 2.75) is 6.42 Å². The highest BCUT2D eigenvalue weighted by molar-refractivity contribution is 6.16. The molecule has 1 heterocycles. The first-order valence-electron chi connectivity index (χ1n) is 5.76. The molecule has 0 fully saturated rings. The molecule has 0 aliphatic carbocycles. The lowest BCUT2D eigenvalue weighted by molar-refractivity contribution is -0.113. The van der Waals surface area contributed by atoms with Crippen LogP contribution in [0.5, 0.6) is 11.5 Å². The minimum absolute atomic E-state index is 0.285. The Labute approximate surface area is 111 Å². The van der Waals surface area contributed by atoms with E-state index in [0.717, 1.165) is 5.56 Å². The van der Waals surface area contributed by atoms with E-state index in [2.05, 4.69) is 4.99 Å². The van der Waals surface area contributed by atoms with Crippen LogP contribution in [-0.4, -0.2) is 32.9 Å². The van der Waals surface area contributed by atoms with Crippen LogP contribution in [0.1, 0.15) is 5.56 Å². The predicted molar refractivity (Wildman–Crippen MR) is 70.8 cm³/mol. The van der Waals surface area contributed by atoms with E-state index in [1.165, 1.54) is 13.2 Å². The van der Waals surface area contributed by atoms with Gasteiger partial charge < -0.3 is 14.2 Å². The van der Waals surface area contributed by atoms with Crippen LogP contribution in [0.2, 0.25) is 0 Å². The number of carbonyl (C=O) groups is 1. The Morgan fingerprint density at radius 2 is 1.79 bits per heavy atom. The summed E-state index contributed by atoms with van der Waals surface area (Å²) in [6.45, 7) is 0. The molecule has 0 radical (unpaired) electrons. The Hall–Kier alpha value is -2.30. The van der Waals surface area contributed by atoms with Crippen molar-refractivity contribution < 1.29 is 19.0 Å². The monoisotopic (exact) mass is 261 g/mol. The summed E-state index contributed by atoms with van der Waals surface area (Å²) in [6.07, 6.45) is 1.89. The number of carbonyl (C=O) groups excluding carboxylic acids is 1. The fourth-order valence-corrected chi connectivity index (χ4v) is 1.90. The summed E-state index contributed by atoms with van der Waals surface area (Å²) >= 11 is 0. The van der Waals surface area contributed by atoms with Crippen molar-refractivity contribution in [3.05, 3.63) is 35.6 Å². The molecule has 1 aromatic carbocycles. The van der Waals surface area contributed by atoms with Crippen LogP contribution in [0.15, 0.2) is 35.0 Å². The highest BCUT2D eigenvalue weighted by Crippen LogP contribution is 2.28. The van der Waals surface area contributed by atoms with Crippen LogP contribution < -0.4 is 9.47 Å². The summed E-state index contributed by atoms with van der Waals surface area (Å²) in [5, 5.41) is 0. The number of allylic oxidation sites excluding steroid dienone is 1. The van der Waals surface area contributed by atoms with E-state index in [0.29, 0.717) is 29.4 Å². The molecule has 1 amide bonds. The van der Waals surface area contributed by atoms with E-state index in [4.69, 9.17) is 14.2 Å². The van der Waals surface area contributed by atoms with Crippen molar-refractivity contribution in [1.82, 2.24) is 0 Å². The lowest BCUT2D eigenvalue weighted by Crippen LogP contribution is -2.06. The van der Waals surface area contributed by atoms with Gasteiger partial charge in [0, 0.05) is 12.5 Å². The Morgan fingerprint density at radius 3 is 2.42 bits per heavy atom. The van der Waals surface area contributed by atoms with Crippen molar-refractivity contribution in [2.75, 3.05) is 21.3 Å². The zero-order valence-corrected chi connectivity index (χ0v) is 11.1. The van der Waals surface area contributed by atoms with Gasteiger partial charge in [0.05, 0.1) is 27.0 Å². The molecule has 5 heteroatoms. The minimum Gasteiger partial charge on any atom is -0.495 e. The second kappa shape index (κ2) is 5.56. The second-order valence-electron chi connectivity index (χ2n) is 3.98. The fraction of sp³-hybridized carbons (Fsp3) is 0.286. The fourth-order valence-electron chi connectivity index (χ4n) is 1.90. The molecule has 0 atom stereocenters. The van der Waals surface area contributed by atoms with Crippen molar-refractivity contribution in [3.63, 3.8) is 0 Å². The van der Waals surface area contributed by atoms with Gasteiger partial charge >= 0.3 is 0 Å². The maximum atomic E-state index is 11.2. The Balaban J connectivity index is 2.23. The molecule has 19 heavy (non-hydrogen) atoms. The SMILES string of the molecule is COC1=CC(=O)N=C1Cc1ccc(OC)c(OC)c1. The summed E-state index contributed by atoms with van der Waals surface area (Å²) < 4.78 is 15.5. The standard InChI is InChI=1S/C14H15NO4/c1-17-11-5-4-9(7-13(11)19-3)6-10-12(18-2)8-14(16)15-10/h4-5,7-8H,6H2,1-3H3. The average Bonchev–Trinajstić information content (AvgIpc) is 2.78. The molecule has 0 aromatic heterocycles. The maximum absolute atomic E-state index is 11.2. The van der Waals surface area contributed by atoms with Gasteiger partial charge in [0.2, 0.25) is 0 Å². The molecule has 100 valence electrons. The van der Waals surface area contributed by atoms with Gasteiger partial charge in [-0.05, 0) is 17.7 Å². The maximum Gasteiger partial charge on any atom is 0.273 e. The molecular formula is C14H15NO4. The number of benzene rings is 1. The Kier molecular flexibility index (Phi) is 3.85. The molecule has 5 nitrogen and oxygen atoms in total. The first-order chi connectivity index (χ1) is 9.17. The third-order valence-electron chi connectivity index (χ3n) is 2.82. The lowest BCUT2D eigenvalue weighted by atomic mass is 10.1. The number of amides is 1. The number of aliphatic imine (C=N–C) groups is 1. The molecule has 0 saturated carbocycles. The van der Waals surface area contributed by atoms with Crippen LogP contribution in [0, 0.1) is 0 Å². The molecule has 0 N–H and O–H groups in total. The van der Waals surface area contributed by atoms with E-state index < -0.39 is 0 Å². The third-order valence-corrected chi connectivity index (χ3v) is 2.82. The molecule has 1 aliphatic rings. The van der Waals surface area contributed by atoms with Crippen LogP contribution in [0.3, 0.4) is 0 Å². The van der Waals surface area contributed by atoms with Gasteiger partial charge in [-0.15, -0.1) is 0 Å². The highest BCUT2D eigenvalue weighted by atomic mass is 16.5. The van der Waals surface area contributed by atoms with E-state index >= 15 is 0 Å². The number of ether oxygens (including phenoxy) is 3. The summed E-state index contributed by atoms with van der Waals surface area (Å²) in [5.41, 5.74) is 1.59. The number of hydrogen-bond acceptors (Lipinski definition) is 4. The van der Waals surface area contributed by atoms with Gasteiger partial charge in [0.25, 0.3) is 5.91 Å². The van der Waals surface area contributed by atoms with Gasteiger partial charge in [0.1, 0.15) is 5.76 Å². The van der Waals surface area contributed by atoms with Crippen LogP contribution >= 0.6 is 0 Å². The lowest BCUT2D eigenvalue weighted by Gasteiger charge is -2.10. The minimum atomic E-state index is -0.285. The molecule has 0 bridgehead atoms. The van der Waals surface area contributed by atoms with E-state index in [9.17, 15) is 4.79 Å². The van der Waals surface area contributed by atoms with Gasteiger partial charge in [-0.1, -0.05) is 6.07 Å². The zero-order chi connectivity index (χ0) is 13.8. The average molecular weight is 261 g/mol. The Morgan fingerprint density at radius 1 is 1.05 bits per heavy atom. The van der Waals surface area contributed by atoms with E-state index in [1.807, 2.05) is 18.2 Å². The smallest absolute Gasteiger partial charge is 0.273 e. The molecule has 1 aliphatic heterocycles. The third kappa shape index (κ3) is 2.76. The molecule has 0 saturated heterocycles. The van der Waals surface area contributed by atoms with Crippen molar-refractivity contribution >= 4 is 11.6 Å². The number of nitrogens with zero attached hydrogens (tertiary/aromatic N) is 1. The van der Waals surface area contributed by atoms with Crippen LogP contribution in [0.25, 0.3) is 0 Å². The summed E-state index contributed by atoms with van der Waals surface area (Å²) in [4.78, 5) is 15.2. The number of hydrogen-bond donors (Lipinski definition) is 0. The summed E-state index contributed by atoms with van der Waals surface area (Å²) in [5.74, 6) is 1.54. The van der Waals surface area contributed by atoms with Gasteiger partial charge in [0.15, 0.2) is 11.5 Å². The van der Waals surface area contributed by atoms with Crippen LogP contribution in [0.4, 0.5) is 0 Å². The number of rotatable bonds is 5. The first-order valence-corrected chi connectivity index (χ1v) is 5.76. The first kappa shape index (κ1) is 13.1.